The van der Waals surface area contributed by atoms with Crippen LogP contribution >= 0.6 is 15.9 Å². The lowest BCUT2D eigenvalue weighted by Gasteiger charge is -2.13. The van der Waals surface area contributed by atoms with Crippen LogP contribution in [0.4, 0.5) is 8.78 Å². The van der Waals surface area contributed by atoms with E-state index in [0.717, 1.165) is 19.2 Å². The predicted octanol–water partition coefficient (Wildman–Crippen LogP) is 2.67. The van der Waals surface area contributed by atoms with Gasteiger partial charge in [0.05, 0.1) is 7.11 Å². The monoisotopic (exact) mass is 294 g/mol. The Bertz CT molecular complexity index is 386. The van der Waals surface area contributed by atoms with Crippen LogP contribution in [-0.2, 0) is 9.53 Å². The molecule has 6 heteroatoms. The van der Waals surface area contributed by atoms with Crippen LogP contribution in [0.1, 0.15) is 6.92 Å². The van der Waals surface area contributed by atoms with E-state index in [1.165, 1.54) is 6.92 Å². The summed E-state index contributed by atoms with van der Waals surface area (Å²) >= 11 is 2.93. The molecule has 0 aliphatic rings. The Kier molecular flexibility index (Phi) is 4.23. The van der Waals surface area contributed by atoms with E-state index in [9.17, 15) is 13.6 Å². The highest BCUT2D eigenvalue weighted by Crippen LogP contribution is 2.26. The van der Waals surface area contributed by atoms with Gasteiger partial charge in [-0.25, -0.2) is 13.6 Å². The van der Waals surface area contributed by atoms with Crippen LogP contribution in [0.3, 0.4) is 0 Å². The molecule has 0 N–H and O–H groups in total. The zero-order valence-electron chi connectivity index (χ0n) is 8.59. The largest absolute Gasteiger partial charge is 0.473 e. The second kappa shape index (κ2) is 5.25. The first-order valence-corrected chi connectivity index (χ1v) is 5.14. The molecule has 0 aliphatic carbocycles. The van der Waals surface area contributed by atoms with Gasteiger partial charge in [0.25, 0.3) is 0 Å². The van der Waals surface area contributed by atoms with Crippen molar-refractivity contribution in [2.75, 3.05) is 7.11 Å². The van der Waals surface area contributed by atoms with Crippen molar-refractivity contribution in [1.82, 2.24) is 0 Å². The van der Waals surface area contributed by atoms with Crippen LogP contribution in [-0.4, -0.2) is 19.2 Å². The third kappa shape index (κ3) is 2.91. The molecule has 0 spiro atoms. The molecule has 0 saturated carbocycles. The highest BCUT2D eigenvalue weighted by molar-refractivity contribution is 9.10. The van der Waals surface area contributed by atoms with E-state index in [2.05, 4.69) is 20.7 Å². The van der Waals surface area contributed by atoms with E-state index in [-0.39, 0.29) is 4.47 Å². The number of hydrogen-bond acceptors (Lipinski definition) is 3. The van der Waals surface area contributed by atoms with Gasteiger partial charge in [0.2, 0.25) is 0 Å². The number of rotatable bonds is 3. The van der Waals surface area contributed by atoms with Crippen molar-refractivity contribution in [2.45, 2.75) is 13.0 Å². The summed E-state index contributed by atoms with van der Waals surface area (Å²) in [5, 5.41) is 0. The standard InChI is InChI=1S/C10H9BrF2O3/c1-5(10(14)15-2)16-9-7(12)3-6(11)4-8(9)13/h3-5H,1-2H3. The molecule has 0 amide bonds. The zero-order chi connectivity index (χ0) is 12.3. The number of carbonyl (C=O) groups is 1. The summed E-state index contributed by atoms with van der Waals surface area (Å²) in [6, 6.07) is 2.09. The van der Waals surface area contributed by atoms with Gasteiger partial charge in [-0.1, -0.05) is 15.9 Å². The Morgan fingerprint density at radius 1 is 1.38 bits per heavy atom. The first-order valence-electron chi connectivity index (χ1n) is 4.34. The molecule has 1 atom stereocenters. The predicted molar refractivity (Wildman–Crippen MR) is 56.2 cm³/mol. The Morgan fingerprint density at radius 2 is 1.88 bits per heavy atom. The normalized spacial score (nSPS) is 12.1. The molecule has 0 radical (unpaired) electrons. The van der Waals surface area contributed by atoms with Crippen LogP contribution in [0.15, 0.2) is 16.6 Å². The quantitative estimate of drug-likeness (QED) is 0.804. The van der Waals surface area contributed by atoms with Crippen molar-refractivity contribution < 1.29 is 23.0 Å². The van der Waals surface area contributed by atoms with Crippen molar-refractivity contribution in [3.63, 3.8) is 0 Å². The Labute approximate surface area is 99.5 Å². The fourth-order valence-electron chi connectivity index (χ4n) is 1.03. The van der Waals surface area contributed by atoms with Gasteiger partial charge in [0.1, 0.15) is 0 Å². The maximum atomic E-state index is 13.3. The molecule has 0 fully saturated rings. The molecule has 3 nitrogen and oxygen atoms in total. The molecule has 1 aromatic carbocycles. The lowest BCUT2D eigenvalue weighted by molar-refractivity contribution is -0.148. The number of carbonyl (C=O) groups excluding carboxylic acids is 1. The Balaban J connectivity index is 2.93. The third-order valence-corrected chi connectivity index (χ3v) is 2.25. The fraction of sp³-hybridized carbons (Fsp3) is 0.300. The number of hydrogen-bond donors (Lipinski definition) is 0. The molecule has 0 saturated heterocycles. The average Bonchev–Trinajstić information content (AvgIpc) is 2.21. The minimum Gasteiger partial charge on any atom is -0.473 e. The van der Waals surface area contributed by atoms with Crippen LogP contribution in [0.5, 0.6) is 5.75 Å². The average molecular weight is 295 g/mol. The van der Waals surface area contributed by atoms with Crippen LogP contribution in [0, 0.1) is 11.6 Å². The van der Waals surface area contributed by atoms with Crippen molar-refractivity contribution in [3.05, 3.63) is 28.2 Å². The van der Waals surface area contributed by atoms with Crippen molar-refractivity contribution >= 4 is 21.9 Å². The van der Waals surface area contributed by atoms with Crippen molar-refractivity contribution in [1.29, 1.82) is 0 Å². The summed E-state index contributed by atoms with van der Waals surface area (Å²) in [5.74, 6) is -3.08. The highest BCUT2D eigenvalue weighted by Gasteiger charge is 2.20. The molecule has 1 rings (SSSR count). The van der Waals surface area contributed by atoms with Crippen molar-refractivity contribution in [3.8, 4) is 5.75 Å². The molecular formula is C10H9BrF2O3. The topological polar surface area (TPSA) is 35.5 Å². The first kappa shape index (κ1) is 12.9. The summed E-state index contributed by atoms with van der Waals surface area (Å²) in [6.45, 7) is 1.34. The van der Waals surface area contributed by atoms with Gasteiger partial charge < -0.3 is 9.47 Å². The molecule has 0 aromatic heterocycles. The second-order valence-corrected chi connectivity index (χ2v) is 3.90. The summed E-state index contributed by atoms with van der Waals surface area (Å²) in [7, 11) is 1.16. The van der Waals surface area contributed by atoms with E-state index < -0.39 is 29.5 Å². The Hall–Kier alpha value is -1.17. The van der Waals surface area contributed by atoms with E-state index in [1.807, 2.05) is 0 Å². The van der Waals surface area contributed by atoms with E-state index in [1.54, 1.807) is 0 Å². The summed E-state index contributed by atoms with van der Waals surface area (Å²) in [6.07, 6.45) is -1.07. The fourth-order valence-corrected chi connectivity index (χ4v) is 1.43. The molecule has 88 valence electrons. The SMILES string of the molecule is COC(=O)C(C)Oc1c(F)cc(Br)cc1F. The molecule has 1 unspecified atom stereocenters. The van der Waals surface area contributed by atoms with E-state index in [0.29, 0.717) is 0 Å². The molecule has 0 aliphatic heterocycles. The maximum absolute atomic E-state index is 13.3. The van der Waals surface area contributed by atoms with Crippen LogP contribution < -0.4 is 4.74 Å². The van der Waals surface area contributed by atoms with Gasteiger partial charge >= 0.3 is 5.97 Å². The molecule has 0 bridgehead atoms. The lowest BCUT2D eigenvalue weighted by atomic mass is 10.3. The van der Waals surface area contributed by atoms with Gasteiger partial charge in [0.15, 0.2) is 23.5 Å². The number of halogens is 3. The molecule has 0 heterocycles. The minimum atomic E-state index is -1.07. The maximum Gasteiger partial charge on any atom is 0.346 e. The number of methoxy groups -OCH3 is 1. The van der Waals surface area contributed by atoms with Crippen molar-refractivity contribution in [2.24, 2.45) is 0 Å². The van der Waals surface area contributed by atoms with Gasteiger partial charge in [-0.3, -0.25) is 0 Å². The highest BCUT2D eigenvalue weighted by atomic mass is 79.9. The summed E-state index contributed by atoms with van der Waals surface area (Å²) in [4.78, 5) is 11.0. The number of esters is 1. The van der Waals surface area contributed by atoms with Gasteiger partial charge in [-0.2, -0.15) is 0 Å². The van der Waals surface area contributed by atoms with E-state index >= 15 is 0 Å². The minimum absolute atomic E-state index is 0.251. The zero-order valence-corrected chi connectivity index (χ0v) is 10.2. The van der Waals surface area contributed by atoms with Crippen LogP contribution in [0.25, 0.3) is 0 Å². The number of benzene rings is 1. The van der Waals surface area contributed by atoms with Gasteiger partial charge in [-0.05, 0) is 19.1 Å². The van der Waals surface area contributed by atoms with Crippen LogP contribution in [0.2, 0.25) is 0 Å². The van der Waals surface area contributed by atoms with Gasteiger partial charge in [0, 0.05) is 4.47 Å². The smallest absolute Gasteiger partial charge is 0.346 e. The third-order valence-electron chi connectivity index (χ3n) is 1.79. The summed E-state index contributed by atoms with van der Waals surface area (Å²) < 4.78 is 36.0. The summed E-state index contributed by atoms with van der Waals surface area (Å²) in [5.41, 5.74) is 0. The van der Waals surface area contributed by atoms with E-state index in [4.69, 9.17) is 4.74 Å². The second-order valence-electron chi connectivity index (χ2n) is 2.98. The lowest BCUT2D eigenvalue weighted by Crippen LogP contribution is -2.25. The molecule has 1 aromatic rings. The molecular weight excluding hydrogens is 286 g/mol. The number of ether oxygens (including phenoxy) is 2. The Morgan fingerprint density at radius 3 is 2.31 bits per heavy atom. The molecule has 16 heavy (non-hydrogen) atoms. The first-order chi connectivity index (χ1) is 7.45. The van der Waals surface area contributed by atoms with Gasteiger partial charge in [-0.15, -0.1) is 0 Å².